The van der Waals surface area contributed by atoms with Crippen LogP contribution >= 0.6 is 11.6 Å². The van der Waals surface area contributed by atoms with E-state index in [1.807, 2.05) is 26.0 Å². The number of hydrogen-bond acceptors (Lipinski definition) is 2. The van der Waals surface area contributed by atoms with Crippen molar-refractivity contribution in [3.63, 3.8) is 0 Å². The molecule has 0 amide bonds. The molecule has 2 rings (SSSR count). The van der Waals surface area contributed by atoms with E-state index in [0.29, 0.717) is 6.61 Å². The maximum absolute atomic E-state index is 12.8. The van der Waals surface area contributed by atoms with Crippen molar-refractivity contribution in [3.8, 4) is 5.75 Å². The summed E-state index contributed by atoms with van der Waals surface area (Å²) < 4.78 is 18.5. The summed E-state index contributed by atoms with van der Waals surface area (Å²) in [4.78, 5) is 0. The van der Waals surface area contributed by atoms with E-state index in [0.717, 1.165) is 27.5 Å². The van der Waals surface area contributed by atoms with Gasteiger partial charge >= 0.3 is 0 Å². The van der Waals surface area contributed by atoms with Crippen LogP contribution in [0.1, 0.15) is 22.7 Å². The molecule has 2 aromatic rings. The van der Waals surface area contributed by atoms with Crippen molar-refractivity contribution >= 4 is 11.6 Å². The van der Waals surface area contributed by atoms with E-state index >= 15 is 0 Å². The fourth-order valence-corrected chi connectivity index (χ4v) is 2.09. The van der Waals surface area contributed by atoms with Crippen LogP contribution in [0.25, 0.3) is 0 Å². The first-order chi connectivity index (χ1) is 9.47. The van der Waals surface area contributed by atoms with E-state index in [9.17, 15) is 4.39 Å². The summed E-state index contributed by atoms with van der Waals surface area (Å²) in [5.74, 6) is 0.466. The maximum atomic E-state index is 12.8. The second-order valence-electron chi connectivity index (χ2n) is 4.84. The van der Waals surface area contributed by atoms with Gasteiger partial charge < -0.3 is 10.5 Å². The molecule has 0 radical (unpaired) electrons. The Kier molecular flexibility index (Phi) is 4.63. The number of benzene rings is 2. The Hall–Kier alpha value is -1.58. The van der Waals surface area contributed by atoms with E-state index in [2.05, 4.69) is 0 Å². The monoisotopic (exact) mass is 293 g/mol. The molecule has 4 heteroatoms. The Morgan fingerprint density at radius 1 is 1.15 bits per heavy atom. The summed E-state index contributed by atoms with van der Waals surface area (Å²) in [7, 11) is 0. The first-order valence-corrected chi connectivity index (χ1v) is 6.76. The molecule has 2 N–H and O–H groups in total. The zero-order valence-electron chi connectivity index (χ0n) is 11.5. The van der Waals surface area contributed by atoms with Crippen LogP contribution in [0.4, 0.5) is 4.39 Å². The number of ether oxygens (including phenoxy) is 1. The number of aryl methyl sites for hydroxylation is 2. The maximum Gasteiger partial charge on any atom is 0.123 e. The van der Waals surface area contributed by atoms with Gasteiger partial charge in [-0.2, -0.15) is 0 Å². The molecule has 0 spiro atoms. The number of rotatable bonds is 4. The molecule has 0 bridgehead atoms. The van der Waals surface area contributed by atoms with E-state index in [1.165, 1.54) is 12.1 Å². The second kappa shape index (κ2) is 6.25. The van der Waals surface area contributed by atoms with Crippen LogP contribution in [-0.4, -0.2) is 6.61 Å². The van der Waals surface area contributed by atoms with Crippen molar-refractivity contribution in [3.05, 3.63) is 63.9 Å². The fourth-order valence-electron chi connectivity index (χ4n) is 1.98. The van der Waals surface area contributed by atoms with Crippen molar-refractivity contribution in [1.82, 2.24) is 0 Å². The lowest BCUT2D eigenvalue weighted by Gasteiger charge is -2.15. The van der Waals surface area contributed by atoms with Crippen molar-refractivity contribution < 1.29 is 9.13 Å². The fraction of sp³-hybridized carbons (Fsp3) is 0.250. The third kappa shape index (κ3) is 3.50. The van der Waals surface area contributed by atoms with Crippen molar-refractivity contribution in [2.75, 3.05) is 6.61 Å². The first kappa shape index (κ1) is 14.8. The van der Waals surface area contributed by atoms with Gasteiger partial charge in [0.15, 0.2) is 0 Å². The third-order valence-corrected chi connectivity index (χ3v) is 3.73. The predicted octanol–water partition coefficient (Wildman–Crippen LogP) is 4.17. The summed E-state index contributed by atoms with van der Waals surface area (Å²) in [6.45, 7) is 4.19. The van der Waals surface area contributed by atoms with Crippen LogP contribution in [0.15, 0.2) is 36.4 Å². The second-order valence-corrected chi connectivity index (χ2v) is 5.22. The topological polar surface area (TPSA) is 35.2 Å². The van der Waals surface area contributed by atoms with Crippen LogP contribution in [-0.2, 0) is 0 Å². The van der Waals surface area contributed by atoms with Crippen molar-refractivity contribution in [2.24, 2.45) is 5.73 Å². The number of nitrogens with two attached hydrogens (primary N) is 1. The van der Waals surface area contributed by atoms with Crippen LogP contribution in [0.2, 0.25) is 5.02 Å². The molecule has 2 nitrogen and oxygen atoms in total. The molecule has 0 aliphatic rings. The Balaban J connectivity index is 2.03. The number of hydrogen-bond donors (Lipinski definition) is 1. The first-order valence-electron chi connectivity index (χ1n) is 6.38. The molecule has 106 valence electrons. The van der Waals surface area contributed by atoms with Gasteiger partial charge in [0.2, 0.25) is 0 Å². The van der Waals surface area contributed by atoms with Gasteiger partial charge in [-0.1, -0.05) is 23.7 Å². The van der Waals surface area contributed by atoms with Gasteiger partial charge in [0, 0.05) is 5.02 Å². The predicted molar refractivity (Wildman–Crippen MR) is 79.7 cm³/mol. The minimum absolute atomic E-state index is 0.272. The highest BCUT2D eigenvalue weighted by molar-refractivity contribution is 6.32. The SMILES string of the molecule is Cc1cc(OCC(N)c2ccc(F)cc2)cc(C)c1Cl. The molecule has 0 saturated carbocycles. The lowest BCUT2D eigenvalue weighted by molar-refractivity contribution is 0.290. The molecular formula is C16H17ClFNO. The van der Waals surface area contributed by atoms with Crippen LogP contribution in [0, 0.1) is 19.7 Å². The Bertz CT molecular complexity index is 575. The van der Waals surface area contributed by atoms with E-state index < -0.39 is 0 Å². The third-order valence-electron chi connectivity index (χ3n) is 3.14. The van der Waals surface area contributed by atoms with E-state index in [1.54, 1.807) is 12.1 Å². The van der Waals surface area contributed by atoms with Gasteiger partial charge in [-0.15, -0.1) is 0 Å². The van der Waals surface area contributed by atoms with Gasteiger partial charge in [-0.3, -0.25) is 0 Å². The summed E-state index contributed by atoms with van der Waals surface area (Å²) in [6.07, 6.45) is 0. The zero-order chi connectivity index (χ0) is 14.7. The Morgan fingerprint density at radius 2 is 1.70 bits per heavy atom. The highest BCUT2D eigenvalue weighted by Crippen LogP contribution is 2.26. The number of halogens is 2. The largest absolute Gasteiger partial charge is 0.492 e. The van der Waals surface area contributed by atoms with Crippen LogP contribution in [0.3, 0.4) is 0 Å². The molecule has 2 aromatic carbocycles. The van der Waals surface area contributed by atoms with Crippen LogP contribution in [0.5, 0.6) is 5.75 Å². The summed E-state index contributed by atoms with van der Waals surface area (Å²) >= 11 is 6.11. The lowest BCUT2D eigenvalue weighted by atomic mass is 10.1. The summed E-state index contributed by atoms with van der Waals surface area (Å²) in [6, 6.07) is 9.59. The molecule has 0 saturated heterocycles. The minimum Gasteiger partial charge on any atom is -0.492 e. The Labute approximate surface area is 123 Å². The van der Waals surface area contributed by atoms with E-state index in [-0.39, 0.29) is 11.9 Å². The lowest BCUT2D eigenvalue weighted by Crippen LogP contribution is -2.19. The van der Waals surface area contributed by atoms with Crippen molar-refractivity contribution in [1.29, 1.82) is 0 Å². The summed E-state index contributed by atoms with van der Waals surface area (Å²) in [5.41, 5.74) is 8.81. The molecule has 0 aliphatic carbocycles. The smallest absolute Gasteiger partial charge is 0.123 e. The van der Waals surface area contributed by atoms with E-state index in [4.69, 9.17) is 22.1 Å². The van der Waals surface area contributed by atoms with Gasteiger partial charge in [-0.05, 0) is 54.8 Å². The van der Waals surface area contributed by atoms with Gasteiger partial charge in [0.25, 0.3) is 0 Å². The standard InChI is InChI=1S/C16H17ClFNO/c1-10-7-14(8-11(2)16(10)17)20-9-15(19)12-3-5-13(18)6-4-12/h3-8,15H,9,19H2,1-2H3. The molecular weight excluding hydrogens is 277 g/mol. The minimum atomic E-state index is -0.299. The molecule has 1 unspecified atom stereocenters. The molecule has 0 aromatic heterocycles. The summed E-state index contributed by atoms with van der Waals surface area (Å²) in [5, 5.41) is 0.750. The van der Waals surface area contributed by atoms with Gasteiger partial charge in [0.1, 0.15) is 18.2 Å². The van der Waals surface area contributed by atoms with Crippen LogP contribution < -0.4 is 10.5 Å². The Morgan fingerprint density at radius 3 is 2.25 bits per heavy atom. The zero-order valence-corrected chi connectivity index (χ0v) is 12.2. The molecule has 1 atom stereocenters. The highest BCUT2D eigenvalue weighted by Gasteiger charge is 2.09. The molecule has 0 heterocycles. The normalized spacial score (nSPS) is 12.2. The molecule has 20 heavy (non-hydrogen) atoms. The van der Waals surface area contributed by atoms with Gasteiger partial charge in [0.05, 0.1) is 6.04 Å². The average molecular weight is 294 g/mol. The van der Waals surface area contributed by atoms with Gasteiger partial charge in [-0.25, -0.2) is 4.39 Å². The highest BCUT2D eigenvalue weighted by atomic mass is 35.5. The molecule has 0 fully saturated rings. The average Bonchev–Trinajstić information content (AvgIpc) is 2.42. The quantitative estimate of drug-likeness (QED) is 0.918. The molecule has 0 aliphatic heterocycles. The van der Waals surface area contributed by atoms with Crippen molar-refractivity contribution in [2.45, 2.75) is 19.9 Å².